The predicted molar refractivity (Wildman–Crippen MR) is 108 cm³/mol. The van der Waals surface area contributed by atoms with Gasteiger partial charge in [0, 0.05) is 6.54 Å². The van der Waals surface area contributed by atoms with Gasteiger partial charge in [-0.05, 0) is 56.9 Å². The molecular formula is C21H26N4O2. The molecule has 0 spiro atoms. The highest BCUT2D eigenvalue weighted by Gasteiger charge is 2.15. The summed E-state index contributed by atoms with van der Waals surface area (Å²) in [4.78, 5) is 20.8. The molecule has 6 nitrogen and oxygen atoms in total. The molecule has 0 aliphatic rings. The van der Waals surface area contributed by atoms with Crippen molar-refractivity contribution in [2.45, 2.75) is 41.2 Å². The second-order valence-corrected chi connectivity index (χ2v) is 6.72. The topological polar surface area (TPSA) is 93.5 Å². The fourth-order valence-electron chi connectivity index (χ4n) is 2.78. The van der Waals surface area contributed by atoms with Crippen LogP contribution in [0.4, 0.5) is 0 Å². The van der Waals surface area contributed by atoms with Crippen molar-refractivity contribution >= 4 is 17.4 Å². The summed E-state index contributed by atoms with van der Waals surface area (Å²) in [6, 6.07) is 4.19. The quantitative estimate of drug-likeness (QED) is 0.464. The molecule has 0 saturated heterocycles. The number of aliphatic imine (C=N–C) groups is 1. The van der Waals surface area contributed by atoms with E-state index in [1.165, 1.54) is 18.0 Å². The standard InChI is InChI=1S/C21H26N4O2/c1-12(2)18(21-23-7-8-27-21)25-19(22)16(6)20(26)24-11-17-14(4)9-13(3)10-15(17)5/h7-10H,6,11H2,1-5H3,(H2,22,25)(H,24,26). The Bertz CT molecular complexity index is 895. The number of nitrogens with two attached hydrogens (primary N) is 1. The molecule has 0 bridgehead atoms. The lowest BCUT2D eigenvalue weighted by Gasteiger charge is -2.13. The first-order valence-electron chi connectivity index (χ1n) is 8.66. The van der Waals surface area contributed by atoms with Gasteiger partial charge in [0.15, 0.2) is 0 Å². The molecular weight excluding hydrogens is 340 g/mol. The average Bonchev–Trinajstić information content (AvgIpc) is 3.11. The number of rotatable bonds is 6. The van der Waals surface area contributed by atoms with Crippen LogP contribution in [0.1, 0.15) is 42.0 Å². The van der Waals surface area contributed by atoms with Crippen molar-refractivity contribution in [2.75, 3.05) is 0 Å². The second-order valence-electron chi connectivity index (χ2n) is 6.72. The largest absolute Gasteiger partial charge is 0.443 e. The van der Waals surface area contributed by atoms with Crippen molar-refractivity contribution in [3.63, 3.8) is 0 Å². The average molecular weight is 366 g/mol. The Morgan fingerprint density at radius 2 is 1.89 bits per heavy atom. The third kappa shape index (κ3) is 4.94. The summed E-state index contributed by atoms with van der Waals surface area (Å²) in [7, 11) is 0. The number of oxazole rings is 1. The van der Waals surface area contributed by atoms with Crippen LogP contribution in [0.2, 0.25) is 0 Å². The lowest BCUT2D eigenvalue weighted by Crippen LogP contribution is -2.31. The van der Waals surface area contributed by atoms with Gasteiger partial charge in [0.25, 0.3) is 5.91 Å². The maximum Gasteiger partial charge on any atom is 0.254 e. The van der Waals surface area contributed by atoms with E-state index in [1.54, 1.807) is 0 Å². The minimum Gasteiger partial charge on any atom is -0.443 e. The van der Waals surface area contributed by atoms with E-state index >= 15 is 0 Å². The number of nitrogens with one attached hydrogen (secondary N) is 1. The van der Waals surface area contributed by atoms with E-state index in [2.05, 4.69) is 40.9 Å². The number of aromatic nitrogens is 1. The number of hydrogen-bond donors (Lipinski definition) is 2. The predicted octanol–water partition coefficient (Wildman–Crippen LogP) is 3.58. The van der Waals surface area contributed by atoms with Crippen LogP contribution in [0.25, 0.3) is 5.70 Å². The van der Waals surface area contributed by atoms with E-state index < -0.39 is 0 Å². The fourth-order valence-corrected chi connectivity index (χ4v) is 2.78. The summed E-state index contributed by atoms with van der Waals surface area (Å²) in [6.45, 7) is 14.0. The van der Waals surface area contributed by atoms with Crippen LogP contribution in [0.3, 0.4) is 0 Å². The fraction of sp³-hybridized carbons (Fsp3) is 0.286. The van der Waals surface area contributed by atoms with Crippen LogP contribution in [-0.4, -0.2) is 16.7 Å². The molecule has 0 aliphatic carbocycles. The van der Waals surface area contributed by atoms with Gasteiger partial charge < -0.3 is 15.5 Å². The SMILES string of the molecule is C=C(C(=O)NCc1c(C)cc(C)cc1C)C(N)=NC(=C(C)C)c1ncco1. The first-order valence-corrected chi connectivity index (χ1v) is 8.66. The lowest BCUT2D eigenvalue weighted by molar-refractivity contribution is -0.117. The van der Waals surface area contributed by atoms with Crippen LogP contribution in [0.5, 0.6) is 0 Å². The Hall–Kier alpha value is -3.15. The first-order chi connectivity index (χ1) is 12.7. The van der Waals surface area contributed by atoms with Gasteiger partial charge in [-0.2, -0.15) is 0 Å². The molecule has 0 saturated carbocycles. The molecule has 142 valence electrons. The normalized spacial score (nSPS) is 11.2. The van der Waals surface area contributed by atoms with Gasteiger partial charge in [0.05, 0.1) is 11.8 Å². The van der Waals surface area contributed by atoms with Crippen molar-refractivity contribution in [3.8, 4) is 0 Å². The van der Waals surface area contributed by atoms with Gasteiger partial charge in [-0.25, -0.2) is 9.98 Å². The molecule has 0 atom stereocenters. The number of carbonyl (C=O) groups excluding carboxylic acids is 1. The number of nitrogens with zero attached hydrogens (tertiary/aromatic N) is 2. The molecule has 1 aromatic carbocycles. The van der Waals surface area contributed by atoms with Crippen molar-refractivity contribution in [2.24, 2.45) is 10.7 Å². The van der Waals surface area contributed by atoms with E-state index in [-0.39, 0.29) is 17.3 Å². The molecule has 1 aromatic heterocycles. The number of aryl methyl sites for hydroxylation is 3. The summed E-state index contributed by atoms with van der Waals surface area (Å²) in [5, 5.41) is 2.86. The van der Waals surface area contributed by atoms with Crippen molar-refractivity contribution < 1.29 is 9.21 Å². The van der Waals surface area contributed by atoms with E-state index in [9.17, 15) is 4.79 Å². The minimum absolute atomic E-state index is 0.0271. The van der Waals surface area contributed by atoms with Gasteiger partial charge >= 0.3 is 0 Å². The monoisotopic (exact) mass is 366 g/mol. The summed E-state index contributed by atoms with van der Waals surface area (Å²) in [5.41, 5.74) is 12.0. The number of hydrogen-bond acceptors (Lipinski definition) is 4. The maximum atomic E-state index is 12.5. The Morgan fingerprint density at radius 3 is 2.41 bits per heavy atom. The Morgan fingerprint density at radius 1 is 1.26 bits per heavy atom. The van der Waals surface area contributed by atoms with Gasteiger partial charge in [-0.15, -0.1) is 0 Å². The molecule has 1 heterocycles. The molecule has 2 aromatic rings. The van der Waals surface area contributed by atoms with Crippen molar-refractivity contribution in [3.05, 3.63) is 70.5 Å². The minimum atomic E-state index is -0.365. The number of amidine groups is 1. The second kappa shape index (κ2) is 8.49. The zero-order valence-corrected chi connectivity index (χ0v) is 16.5. The Kier molecular flexibility index (Phi) is 6.34. The zero-order valence-electron chi connectivity index (χ0n) is 16.5. The summed E-state index contributed by atoms with van der Waals surface area (Å²) < 4.78 is 5.28. The van der Waals surface area contributed by atoms with Crippen LogP contribution in [0, 0.1) is 20.8 Å². The van der Waals surface area contributed by atoms with Crippen LogP contribution in [0.15, 0.2) is 51.7 Å². The molecule has 3 N–H and O–H groups in total. The third-order valence-electron chi connectivity index (χ3n) is 4.19. The molecule has 6 heteroatoms. The smallest absolute Gasteiger partial charge is 0.254 e. The number of amides is 1. The highest BCUT2D eigenvalue weighted by molar-refractivity contribution is 6.20. The summed E-state index contributed by atoms with van der Waals surface area (Å²) in [6.07, 6.45) is 2.98. The molecule has 0 aliphatic heterocycles. The van der Waals surface area contributed by atoms with E-state index in [4.69, 9.17) is 10.2 Å². The third-order valence-corrected chi connectivity index (χ3v) is 4.19. The Labute approximate surface area is 159 Å². The van der Waals surface area contributed by atoms with E-state index in [0.29, 0.717) is 18.1 Å². The molecule has 0 fully saturated rings. The molecule has 0 radical (unpaired) electrons. The van der Waals surface area contributed by atoms with Gasteiger partial charge in [-0.1, -0.05) is 24.3 Å². The molecule has 2 rings (SSSR count). The number of allylic oxidation sites excluding steroid dienone is 1. The first kappa shape index (κ1) is 20.2. The molecule has 1 amide bonds. The molecule has 27 heavy (non-hydrogen) atoms. The lowest BCUT2D eigenvalue weighted by atomic mass is 10.00. The number of benzene rings is 1. The highest BCUT2D eigenvalue weighted by Crippen LogP contribution is 2.19. The molecule has 0 unspecified atom stereocenters. The summed E-state index contributed by atoms with van der Waals surface area (Å²) >= 11 is 0. The van der Waals surface area contributed by atoms with Gasteiger partial charge in [-0.3, -0.25) is 4.79 Å². The van der Waals surface area contributed by atoms with Gasteiger partial charge in [0.2, 0.25) is 5.89 Å². The summed E-state index contributed by atoms with van der Waals surface area (Å²) in [5.74, 6) is 0.00690. The van der Waals surface area contributed by atoms with Crippen LogP contribution < -0.4 is 11.1 Å². The zero-order chi connectivity index (χ0) is 20.1. The van der Waals surface area contributed by atoms with E-state index in [0.717, 1.165) is 22.3 Å². The van der Waals surface area contributed by atoms with Crippen LogP contribution in [-0.2, 0) is 11.3 Å². The number of carbonyl (C=O) groups is 1. The van der Waals surface area contributed by atoms with Crippen LogP contribution >= 0.6 is 0 Å². The highest BCUT2D eigenvalue weighted by atomic mass is 16.3. The van der Waals surface area contributed by atoms with Gasteiger partial charge in [0.1, 0.15) is 17.8 Å². The van der Waals surface area contributed by atoms with E-state index in [1.807, 2.05) is 27.7 Å². The Balaban J connectivity index is 2.13. The van der Waals surface area contributed by atoms with Crippen molar-refractivity contribution in [1.29, 1.82) is 0 Å². The maximum absolute atomic E-state index is 12.5. The van der Waals surface area contributed by atoms with Crippen molar-refractivity contribution in [1.82, 2.24) is 10.3 Å².